The predicted molar refractivity (Wildman–Crippen MR) is 79.3 cm³/mol. The molecule has 0 radical (unpaired) electrons. The van der Waals surface area contributed by atoms with Gasteiger partial charge in [0.05, 0.1) is 5.69 Å². The van der Waals surface area contributed by atoms with E-state index in [9.17, 15) is 8.42 Å². The molecule has 0 saturated carbocycles. The van der Waals surface area contributed by atoms with E-state index in [0.717, 1.165) is 6.54 Å². The number of hydrogen-bond donors (Lipinski definition) is 2. The average molecular weight is 295 g/mol. The lowest BCUT2D eigenvalue weighted by atomic mass is 9.84. The summed E-state index contributed by atoms with van der Waals surface area (Å²) in [4.78, 5) is 2.78. The second-order valence-electron chi connectivity index (χ2n) is 5.59. The van der Waals surface area contributed by atoms with E-state index in [4.69, 9.17) is 0 Å². The lowest BCUT2D eigenvalue weighted by molar-refractivity contribution is 0.0974. The Hall–Kier alpha value is -1.11. The fourth-order valence-corrected chi connectivity index (χ4v) is 4.15. The molecule has 1 unspecified atom stereocenters. The van der Waals surface area contributed by atoms with Crippen molar-refractivity contribution in [3.05, 3.63) is 24.3 Å². The van der Waals surface area contributed by atoms with Crippen LogP contribution in [0.3, 0.4) is 0 Å². The molecule has 3 aliphatic heterocycles. The van der Waals surface area contributed by atoms with Gasteiger partial charge in [0.25, 0.3) is 0 Å². The maximum Gasteiger partial charge on any atom is 0.242 e. The molecule has 2 bridgehead atoms. The summed E-state index contributed by atoms with van der Waals surface area (Å²) in [5.74, 6) is 0.658. The van der Waals surface area contributed by atoms with Crippen molar-refractivity contribution in [3.8, 4) is 0 Å². The topological polar surface area (TPSA) is 61.4 Å². The third kappa shape index (κ3) is 2.55. The molecule has 0 aromatic heterocycles. The van der Waals surface area contributed by atoms with Crippen LogP contribution in [0.2, 0.25) is 0 Å². The van der Waals surface area contributed by atoms with Crippen molar-refractivity contribution >= 4 is 15.7 Å². The summed E-state index contributed by atoms with van der Waals surface area (Å²) in [6.45, 7) is 3.37. The van der Waals surface area contributed by atoms with Gasteiger partial charge >= 0.3 is 0 Å². The molecule has 1 aromatic carbocycles. The van der Waals surface area contributed by atoms with Crippen LogP contribution < -0.4 is 10.0 Å². The highest BCUT2D eigenvalue weighted by molar-refractivity contribution is 7.89. The number of para-hydroxylation sites is 1. The Morgan fingerprint density at radius 1 is 1.20 bits per heavy atom. The standard InChI is InChI=1S/C14H21N3O2S/c1-15-20(18,19)14-5-3-2-4-12(14)16-13-10-17-8-6-11(13)7-9-17/h2-5,11,13,15-16H,6-10H2,1H3. The van der Waals surface area contributed by atoms with E-state index in [1.807, 2.05) is 12.1 Å². The highest BCUT2D eigenvalue weighted by Crippen LogP contribution is 2.31. The fraction of sp³-hybridized carbons (Fsp3) is 0.571. The zero-order valence-electron chi connectivity index (χ0n) is 11.7. The van der Waals surface area contributed by atoms with Crippen molar-refractivity contribution in [1.29, 1.82) is 0 Å². The van der Waals surface area contributed by atoms with Crippen LogP contribution in [-0.2, 0) is 10.0 Å². The Labute approximate surface area is 120 Å². The zero-order valence-corrected chi connectivity index (χ0v) is 12.5. The Morgan fingerprint density at radius 3 is 2.50 bits per heavy atom. The molecule has 6 heteroatoms. The summed E-state index contributed by atoms with van der Waals surface area (Å²) in [5.41, 5.74) is 0.709. The predicted octanol–water partition coefficient (Wildman–Crippen LogP) is 1.10. The summed E-state index contributed by atoms with van der Waals surface area (Å²) in [6.07, 6.45) is 2.41. The van der Waals surface area contributed by atoms with Crippen molar-refractivity contribution < 1.29 is 8.42 Å². The van der Waals surface area contributed by atoms with E-state index >= 15 is 0 Å². The Bertz CT molecular complexity index is 580. The molecule has 1 aromatic rings. The molecular formula is C14H21N3O2S. The lowest BCUT2D eigenvalue weighted by Crippen LogP contribution is -2.53. The van der Waals surface area contributed by atoms with E-state index in [1.54, 1.807) is 12.1 Å². The summed E-state index contributed by atoms with van der Waals surface area (Å²) in [7, 11) is -1.97. The number of nitrogens with one attached hydrogen (secondary N) is 2. The molecule has 2 N–H and O–H groups in total. The van der Waals surface area contributed by atoms with Crippen molar-refractivity contribution in [2.45, 2.75) is 23.8 Å². The number of rotatable bonds is 4. The SMILES string of the molecule is CNS(=O)(=O)c1ccccc1NC1CN2CCC1CC2. The van der Waals surface area contributed by atoms with Crippen molar-refractivity contribution in [1.82, 2.24) is 9.62 Å². The van der Waals surface area contributed by atoms with Crippen LogP contribution in [0.1, 0.15) is 12.8 Å². The molecule has 5 nitrogen and oxygen atoms in total. The average Bonchev–Trinajstić information content (AvgIpc) is 2.49. The van der Waals surface area contributed by atoms with Gasteiger partial charge in [-0.1, -0.05) is 12.1 Å². The Balaban J connectivity index is 1.85. The van der Waals surface area contributed by atoms with Crippen LogP contribution in [0.15, 0.2) is 29.2 Å². The second kappa shape index (κ2) is 5.35. The normalized spacial score (nSPS) is 29.4. The molecule has 3 aliphatic rings. The zero-order chi connectivity index (χ0) is 14.2. The second-order valence-corrected chi connectivity index (χ2v) is 7.45. The van der Waals surface area contributed by atoms with Crippen LogP contribution in [-0.4, -0.2) is 46.0 Å². The number of sulfonamides is 1. The maximum absolute atomic E-state index is 12.1. The third-order valence-corrected chi connectivity index (χ3v) is 5.91. The number of anilines is 1. The molecular weight excluding hydrogens is 274 g/mol. The molecule has 110 valence electrons. The maximum atomic E-state index is 12.1. The van der Waals surface area contributed by atoms with Gasteiger partial charge in [-0.2, -0.15) is 0 Å². The van der Waals surface area contributed by atoms with E-state index in [2.05, 4.69) is 14.9 Å². The van der Waals surface area contributed by atoms with Crippen molar-refractivity contribution in [2.75, 3.05) is 32.0 Å². The first-order chi connectivity index (χ1) is 9.60. The smallest absolute Gasteiger partial charge is 0.242 e. The quantitative estimate of drug-likeness (QED) is 0.873. The van der Waals surface area contributed by atoms with E-state index in [-0.39, 0.29) is 0 Å². The largest absolute Gasteiger partial charge is 0.380 e. The van der Waals surface area contributed by atoms with Gasteiger partial charge in [-0.15, -0.1) is 0 Å². The minimum Gasteiger partial charge on any atom is -0.380 e. The van der Waals surface area contributed by atoms with Gasteiger partial charge in [-0.25, -0.2) is 13.1 Å². The number of nitrogens with zero attached hydrogens (tertiary/aromatic N) is 1. The Morgan fingerprint density at radius 2 is 1.90 bits per heavy atom. The highest BCUT2D eigenvalue weighted by Gasteiger charge is 2.34. The molecule has 3 fully saturated rings. The van der Waals surface area contributed by atoms with Crippen LogP contribution in [0.25, 0.3) is 0 Å². The summed E-state index contributed by atoms with van der Waals surface area (Å²) in [5, 5.41) is 3.46. The van der Waals surface area contributed by atoms with Gasteiger partial charge in [-0.3, -0.25) is 0 Å². The molecule has 0 aliphatic carbocycles. The van der Waals surface area contributed by atoms with E-state index < -0.39 is 10.0 Å². The lowest BCUT2D eigenvalue weighted by Gasteiger charge is -2.45. The minimum absolute atomic E-state index is 0.332. The van der Waals surface area contributed by atoms with Gasteiger partial charge < -0.3 is 10.2 Å². The van der Waals surface area contributed by atoms with Crippen LogP contribution >= 0.6 is 0 Å². The molecule has 3 saturated heterocycles. The number of benzene rings is 1. The summed E-state index contributed by atoms with van der Waals surface area (Å²) >= 11 is 0. The van der Waals surface area contributed by atoms with Gasteiger partial charge in [-0.05, 0) is 51.0 Å². The van der Waals surface area contributed by atoms with E-state index in [1.165, 1.54) is 33.0 Å². The fourth-order valence-electron chi connectivity index (χ4n) is 3.26. The van der Waals surface area contributed by atoms with E-state index in [0.29, 0.717) is 22.5 Å². The monoisotopic (exact) mass is 295 g/mol. The number of hydrogen-bond acceptors (Lipinski definition) is 4. The molecule has 4 rings (SSSR count). The minimum atomic E-state index is -3.42. The van der Waals surface area contributed by atoms with Crippen LogP contribution in [0.4, 0.5) is 5.69 Å². The van der Waals surface area contributed by atoms with Gasteiger partial charge in [0, 0.05) is 12.6 Å². The third-order valence-electron chi connectivity index (χ3n) is 4.44. The van der Waals surface area contributed by atoms with Crippen molar-refractivity contribution in [3.63, 3.8) is 0 Å². The summed E-state index contributed by atoms with van der Waals surface area (Å²) in [6, 6.07) is 7.48. The molecule has 0 amide bonds. The first kappa shape index (κ1) is 13.9. The van der Waals surface area contributed by atoms with Crippen molar-refractivity contribution in [2.24, 2.45) is 5.92 Å². The van der Waals surface area contributed by atoms with Gasteiger partial charge in [0.15, 0.2) is 0 Å². The molecule has 3 heterocycles. The number of fused-ring (bicyclic) bond motifs is 3. The molecule has 20 heavy (non-hydrogen) atoms. The Kier molecular flexibility index (Phi) is 3.70. The van der Waals surface area contributed by atoms with Crippen LogP contribution in [0, 0.1) is 5.92 Å². The first-order valence-corrected chi connectivity index (χ1v) is 8.60. The van der Waals surface area contributed by atoms with Crippen LogP contribution in [0.5, 0.6) is 0 Å². The van der Waals surface area contributed by atoms with Gasteiger partial charge in [0.1, 0.15) is 4.90 Å². The first-order valence-electron chi connectivity index (χ1n) is 7.11. The molecule has 0 spiro atoms. The summed E-state index contributed by atoms with van der Waals surface area (Å²) < 4.78 is 26.5. The number of piperidine rings is 3. The van der Waals surface area contributed by atoms with Gasteiger partial charge in [0.2, 0.25) is 10.0 Å². The highest BCUT2D eigenvalue weighted by atomic mass is 32.2. The molecule has 1 atom stereocenters.